The maximum absolute atomic E-state index is 13.0. The van der Waals surface area contributed by atoms with Crippen molar-refractivity contribution in [3.8, 4) is 0 Å². The number of para-hydroxylation sites is 1. The molecule has 116 valence electrons. The van der Waals surface area contributed by atoms with Crippen molar-refractivity contribution in [2.24, 2.45) is 0 Å². The molecule has 0 fully saturated rings. The van der Waals surface area contributed by atoms with Gasteiger partial charge in [0.1, 0.15) is 5.38 Å². The summed E-state index contributed by atoms with van der Waals surface area (Å²) in [6.45, 7) is 8.07. The van der Waals surface area contributed by atoms with Gasteiger partial charge in [-0.3, -0.25) is 4.79 Å². The molecule has 0 aromatic heterocycles. The van der Waals surface area contributed by atoms with E-state index in [0.29, 0.717) is 0 Å². The number of amides is 1. The minimum atomic E-state index is -0.678. The second-order valence-electron chi connectivity index (χ2n) is 5.82. The Kier molecular flexibility index (Phi) is 5.25. The summed E-state index contributed by atoms with van der Waals surface area (Å²) in [4.78, 5) is 14.8. The molecule has 2 nitrogen and oxygen atoms in total. The smallest absolute Gasteiger partial charge is 0.249 e. The third kappa shape index (κ3) is 3.33. The van der Waals surface area contributed by atoms with E-state index < -0.39 is 5.38 Å². The van der Waals surface area contributed by atoms with Crippen LogP contribution < -0.4 is 4.90 Å². The Morgan fingerprint density at radius 3 is 2.00 bits per heavy atom. The van der Waals surface area contributed by atoms with E-state index in [1.807, 2.05) is 81.1 Å². The molecule has 3 heteroatoms. The first-order valence-corrected chi connectivity index (χ1v) is 7.95. The lowest BCUT2D eigenvalue weighted by Gasteiger charge is -2.31. The van der Waals surface area contributed by atoms with Crippen molar-refractivity contribution in [2.45, 2.75) is 39.1 Å². The number of halogens is 1. The molecule has 0 N–H and O–H groups in total. The van der Waals surface area contributed by atoms with Crippen LogP contribution in [-0.2, 0) is 4.79 Å². The van der Waals surface area contributed by atoms with E-state index in [1.165, 1.54) is 0 Å². The second kappa shape index (κ2) is 6.97. The van der Waals surface area contributed by atoms with Crippen LogP contribution in [0.25, 0.3) is 0 Å². The van der Waals surface area contributed by atoms with Crippen LogP contribution in [0.3, 0.4) is 0 Å². The van der Waals surface area contributed by atoms with E-state index in [4.69, 9.17) is 11.6 Å². The summed E-state index contributed by atoms with van der Waals surface area (Å²) < 4.78 is 0. The second-order valence-corrected chi connectivity index (χ2v) is 6.25. The molecule has 1 atom stereocenters. The lowest BCUT2D eigenvalue weighted by molar-refractivity contribution is -0.118. The van der Waals surface area contributed by atoms with Crippen LogP contribution in [0.1, 0.15) is 35.9 Å². The monoisotopic (exact) mass is 315 g/mol. The number of carbonyl (C=O) groups is 1. The number of anilines is 1. The van der Waals surface area contributed by atoms with Gasteiger partial charge in [-0.05, 0) is 44.4 Å². The van der Waals surface area contributed by atoms with Gasteiger partial charge in [-0.2, -0.15) is 0 Å². The predicted molar refractivity (Wildman–Crippen MR) is 93.6 cm³/mol. The van der Waals surface area contributed by atoms with E-state index in [-0.39, 0.29) is 11.9 Å². The summed E-state index contributed by atoms with van der Waals surface area (Å²) in [5.41, 5.74) is 3.95. The average molecular weight is 316 g/mol. The van der Waals surface area contributed by atoms with Crippen LogP contribution in [0.15, 0.2) is 48.5 Å². The van der Waals surface area contributed by atoms with Crippen LogP contribution in [0.2, 0.25) is 0 Å². The number of hydrogen-bond acceptors (Lipinski definition) is 1. The third-order valence-corrected chi connectivity index (χ3v) is 4.18. The van der Waals surface area contributed by atoms with Crippen molar-refractivity contribution in [1.29, 1.82) is 0 Å². The van der Waals surface area contributed by atoms with E-state index in [2.05, 4.69) is 0 Å². The highest BCUT2D eigenvalue weighted by Gasteiger charge is 2.28. The zero-order chi connectivity index (χ0) is 16.3. The maximum atomic E-state index is 13.0. The van der Waals surface area contributed by atoms with Gasteiger partial charge in [-0.25, -0.2) is 0 Å². The van der Waals surface area contributed by atoms with Gasteiger partial charge in [-0.15, -0.1) is 11.6 Å². The largest absolute Gasteiger partial charge is 0.308 e. The molecule has 2 aromatic carbocycles. The quantitative estimate of drug-likeness (QED) is 0.725. The number of hydrogen-bond donors (Lipinski definition) is 0. The van der Waals surface area contributed by atoms with Crippen molar-refractivity contribution < 1.29 is 4.79 Å². The molecule has 2 rings (SSSR count). The van der Waals surface area contributed by atoms with Crippen LogP contribution in [-0.4, -0.2) is 11.9 Å². The molecular weight excluding hydrogens is 294 g/mol. The Bertz CT molecular complexity index is 631. The molecule has 0 aliphatic heterocycles. The molecule has 1 amide bonds. The van der Waals surface area contributed by atoms with Crippen molar-refractivity contribution in [3.05, 3.63) is 65.2 Å². The fourth-order valence-corrected chi connectivity index (χ4v) is 2.95. The highest BCUT2D eigenvalue weighted by Crippen LogP contribution is 2.31. The summed E-state index contributed by atoms with van der Waals surface area (Å²) in [7, 11) is 0. The number of rotatable bonds is 4. The van der Waals surface area contributed by atoms with E-state index in [1.54, 1.807) is 0 Å². The molecule has 0 spiro atoms. The first kappa shape index (κ1) is 16.6. The first-order valence-electron chi connectivity index (χ1n) is 7.51. The minimum absolute atomic E-state index is 0.0391. The molecule has 22 heavy (non-hydrogen) atoms. The lowest BCUT2D eigenvalue weighted by atomic mass is 10.0. The minimum Gasteiger partial charge on any atom is -0.308 e. The third-order valence-electron chi connectivity index (χ3n) is 3.74. The van der Waals surface area contributed by atoms with Gasteiger partial charge in [0.2, 0.25) is 5.91 Å². The Balaban J connectivity index is 2.42. The average Bonchev–Trinajstić information content (AvgIpc) is 2.50. The highest BCUT2D eigenvalue weighted by molar-refractivity contribution is 6.33. The SMILES string of the molecule is Cc1cccc(C)c1N(C(=O)C(Cl)c1ccccc1)C(C)C. The molecule has 1 unspecified atom stereocenters. The van der Waals surface area contributed by atoms with Crippen LogP contribution >= 0.6 is 11.6 Å². The molecule has 0 bridgehead atoms. The van der Waals surface area contributed by atoms with Crippen molar-refractivity contribution in [1.82, 2.24) is 0 Å². The predicted octanol–water partition coefficient (Wildman–Crippen LogP) is 5.02. The van der Waals surface area contributed by atoms with Gasteiger partial charge in [0, 0.05) is 11.7 Å². The van der Waals surface area contributed by atoms with E-state index in [0.717, 1.165) is 22.4 Å². The molecule has 0 radical (unpaired) electrons. The number of benzene rings is 2. The summed E-state index contributed by atoms with van der Waals surface area (Å²) in [5, 5.41) is -0.678. The molecule has 2 aromatic rings. The Hall–Kier alpha value is -1.80. The van der Waals surface area contributed by atoms with Gasteiger partial charge < -0.3 is 4.90 Å². The Morgan fingerprint density at radius 2 is 1.50 bits per heavy atom. The topological polar surface area (TPSA) is 20.3 Å². The molecule has 0 heterocycles. The molecule has 0 saturated carbocycles. The summed E-state index contributed by atoms with van der Waals surface area (Å²) >= 11 is 6.46. The normalized spacial score (nSPS) is 12.3. The summed E-state index contributed by atoms with van der Waals surface area (Å²) in [6.07, 6.45) is 0. The zero-order valence-electron chi connectivity index (χ0n) is 13.5. The van der Waals surface area contributed by atoms with Crippen LogP contribution in [0.4, 0.5) is 5.69 Å². The lowest BCUT2D eigenvalue weighted by Crippen LogP contribution is -2.40. The molecule has 0 saturated heterocycles. The fraction of sp³-hybridized carbons (Fsp3) is 0.316. The molecule has 0 aliphatic carbocycles. The van der Waals surface area contributed by atoms with Crippen molar-refractivity contribution >= 4 is 23.2 Å². The fourth-order valence-electron chi connectivity index (χ4n) is 2.70. The van der Waals surface area contributed by atoms with Gasteiger partial charge in [-0.1, -0.05) is 48.5 Å². The standard InChI is InChI=1S/C19H22ClNO/c1-13(2)21(18-14(3)9-8-10-15(18)4)19(22)17(20)16-11-6-5-7-12-16/h5-13,17H,1-4H3. The zero-order valence-corrected chi connectivity index (χ0v) is 14.3. The van der Waals surface area contributed by atoms with Crippen molar-refractivity contribution in [3.63, 3.8) is 0 Å². The number of alkyl halides is 1. The molecule has 0 aliphatic rings. The van der Waals surface area contributed by atoms with E-state index in [9.17, 15) is 4.79 Å². The summed E-state index contributed by atoms with van der Waals surface area (Å²) in [6, 6.07) is 15.6. The van der Waals surface area contributed by atoms with Gasteiger partial charge in [0.15, 0.2) is 0 Å². The van der Waals surface area contributed by atoms with Crippen LogP contribution in [0, 0.1) is 13.8 Å². The van der Waals surface area contributed by atoms with E-state index >= 15 is 0 Å². The summed E-state index contributed by atoms with van der Waals surface area (Å²) in [5.74, 6) is -0.0831. The van der Waals surface area contributed by atoms with Crippen LogP contribution in [0.5, 0.6) is 0 Å². The highest BCUT2D eigenvalue weighted by atomic mass is 35.5. The van der Waals surface area contributed by atoms with Gasteiger partial charge in [0.05, 0.1) is 0 Å². The Labute approximate surface area is 137 Å². The maximum Gasteiger partial charge on any atom is 0.249 e. The van der Waals surface area contributed by atoms with Crippen molar-refractivity contribution in [2.75, 3.05) is 4.90 Å². The number of carbonyl (C=O) groups excluding carboxylic acids is 1. The number of nitrogens with zero attached hydrogens (tertiary/aromatic N) is 1. The molecular formula is C19H22ClNO. The van der Waals surface area contributed by atoms with Gasteiger partial charge in [0.25, 0.3) is 0 Å². The van der Waals surface area contributed by atoms with Gasteiger partial charge >= 0.3 is 0 Å². The Morgan fingerprint density at radius 1 is 0.955 bits per heavy atom. The number of aryl methyl sites for hydroxylation is 2. The first-order chi connectivity index (χ1) is 10.4.